The fourth-order valence-electron chi connectivity index (χ4n) is 3.99. The number of thiophene rings is 1. The molecule has 3 atom stereocenters. The van der Waals surface area contributed by atoms with Crippen molar-refractivity contribution in [1.29, 1.82) is 0 Å². The Morgan fingerprint density at radius 2 is 1.96 bits per heavy atom. The zero-order valence-electron chi connectivity index (χ0n) is 12.5. The van der Waals surface area contributed by atoms with Crippen LogP contribution in [0.5, 0.6) is 0 Å². The van der Waals surface area contributed by atoms with Crippen LogP contribution in [0.2, 0.25) is 5.02 Å². The number of benzene rings is 1. The van der Waals surface area contributed by atoms with Crippen LogP contribution in [-0.2, 0) is 4.79 Å². The van der Waals surface area contributed by atoms with Crippen LogP contribution in [0.4, 0.5) is 0 Å². The fraction of sp³-hybridized carbons (Fsp3) is 0.412. The molecular weight excluding hydrogens is 332 g/mol. The lowest BCUT2D eigenvalue weighted by atomic mass is 9.88. The van der Waals surface area contributed by atoms with Gasteiger partial charge >= 0.3 is 0 Å². The van der Waals surface area contributed by atoms with Gasteiger partial charge in [0.05, 0.1) is 5.02 Å². The van der Waals surface area contributed by atoms with Gasteiger partial charge in [0, 0.05) is 16.0 Å². The van der Waals surface area contributed by atoms with Crippen molar-refractivity contribution in [2.45, 2.75) is 25.7 Å². The molecule has 2 bridgehead atoms. The summed E-state index contributed by atoms with van der Waals surface area (Å²) in [6, 6.07) is 7.61. The molecule has 0 radical (unpaired) electrons. The van der Waals surface area contributed by atoms with Gasteiger partial charge in [0.2, 0.25) is 5.91 Å². The maximum Gasteiger partial charge on any atom is 0.281 e. The SMILES string of the molecule is O=C(NNC(=O)[C@@H]1C[C@H]2CC[C@@H]1C2)c1sc2ccccc2c1Cl. The molecule has 4 rings (SSSR count). The van der Waals surface area contributed by atoms with Gasteiger partial charge in [-0.15, -0.1) is 11.3 Å². The van der Waals surface area contributed by atoms with E-state index in [1.165, 1.54) is 17.8 Å². The number of halogens is 1. The molecule has 0 saturated heterocycles. The molecule has 2 aliphatic carbocycles. The first kappa shape index (κ1) is 15.0. The van der Waals surface area contributed by atoms with Crippen molar-refractivity contribution in [3.05, 3.63) is 34.2 Å². The van der Waals surface area contributed by atoms with E-state index in [0.29, 0.717) is 21.7 Å². The Morgan fingerprint density at radius 3 is 2.65 bits per heavy atom. The number of carbonyl (C=O) groups excluding carboxylic acids is 2. The third-order valence-electron chi connectivity index (χ3n) is 5.12. The maximum atomic E-state index is 12.3. The molecule has 6 heteroatoms. The molecule has 1 aromatic heterocycles. The largest absolute Gasteiger partial charge is 0.281 e. The van der Waals surface area contributed by atoms with Crippen molar-refractivity contribution in [3.63, 3.8) is 0 Å². The highest BCUT2D eigenvalue weighted by Gasteiger charge is 2.43. The first-order valence-corrected chi connectivity index (χ1v) is 9.10. The Kier molecular flexibility index (Phi) is 3.77. The number of nitrogens with one attached hydrogen (secondary N) is 2. The molecule has 2 aromatic rings. The molecular formula is C17H17ClN2O2S. The minimum Gasteiger partial charge on any atom is -0.273 e. The van der Waals surface area contributed by atoms with E-state index >= 15 is 0 Å². The van der Waals surface area contributed by atoms with Crippen LogP contribution < -0.4 is 10.9 Å². The molecule has 1 heterocycles. The van der Waals surface area contributed by atoms with Crippen molar-refractivity contribution in [1.82, 2.24) is 10.9 Å². The minimum absolute atomic E-state index is 0.0481. The van der Waals surface area contributed by atoms with Gasteiger partial charge in [0.25, 0.3) is 5.91 Å². The molecule has 2 aliphatic rings. The number of rotatable bonds is 2. The van der Waals surface area contributed by atoms with Gasteiger partial charge < -0.3 is 0 Å². The summed E-state index contributed by atoms with van der Waals surface area (Å²) in [6.45, 7) is 0. The van der Waals surface area contributed by atoms with Crippen LogP contribution in [0.1, 0.15) is 35.4 Å². The number of hydrogen-bond donors (Lipinski definition) is 2. The number of amides is 2. The van der Waals surface area contributed by atoms with E-state index in [0.717, 1.165) is 29.3 Å². The van der Waals surface area contributed by atoms with Crippen molar-refractivity contribution in [2.75, 3.05) is 0 Å². The monoisotopic (exact) mass is 348 g/mol. The van der Waals surface area contributed by atoms with Gasteiger partial charge in [-0.25, -0.2) is 0 Å². The highest BCUT2D eigenvalue weighted by Crippen LogP contribution is 2.48. The zero-order chi connectivity index (χ0) is 16.0. The Balaban J connectivity index is 1.43. The van der Waals surface area contributed by atoms with E-state index in [-0.39, 0.29) is 17.7 Å². The molecule has 120 valence electrons. The minimum atomic E-state index is -0.354. The molecule has 0 unspecified atom stereocenters. The maximum absolute atomic E-state index is 12.3. The van der Waals surface area contributed by atoms with Crippen molar-refractivity contribution in [2.24, 2.45) is 17.8 Å². The van der Waals surface area contributed by atoms with Crippen LogP contribution in [-0.4, -0.2) is 11.8 Å². The quantitative estimate of drug-likeness (QED) is 0.812. The van der Waals surface area contributed by atoms with Gasteiger partial charge in [-0.3, -0.25) is 20.4 Å². The molecule has 0 spiro atoms. The Bertz CT molecular complexity index is 788. The fourth-order valence-corrected chi connectivity index (χ4v) is 5.41. The summed E-state index contributed by atoms with van der Waals surface area (Å²) in [7, 11) is 0. The number of fused-ring (bicyclic) bond motifs is 3. The van der Waals surface area contributed by atoms with E-state index in [1.807, 2.05) is 24.3 Å². The summed E-state index contributed by atoms with van der Waals surface area (Å²) in [5.74, 6) is 0.815. The second kappa shape index (κ2) is 5.80. The molecule has 2 saturated carbocycles. The third kappa shape index (κ3) is 2.62. The first-order chi connectivity index (χ1) is 11.1. The highest BCUT2D eigenvalue weighted by molar-refractivity contribution is 7.21. The van der Waals surface area contributed by atoms with Crippen molar-refractivity contribution in [3.8, 4) is 0 Å². The van der Waals surface area contributed by atoms with E-state index in [4.69, 9.17) is 11.6 Å². The van der Waals surface area contributed by atoms with E-state index in [2.05, 4.69) is 10.9 Å². The van der Waals surface area contributed by atoms with Crippen LogP contribution >= 0.6 is 22.9 Å². The molecule has 23 heavy (non-hydrogen) atoms. The predicted molar refractivity (Wildman–Crippen MR) is 91.4 cm³/mol. The second-order valence-electron chi connectivity index (χ2n) is 6.47. The third-order valence-corrected chi connectivity index (χ3v) is 6.79. The number of carbonyl (C=O) groups is 2. The molecule has 2 fully saturated rings. The first-order valence-electron chi connectivity index (χ1n) is 7.90. The van der Waals surface area contributed by atoms with Crippen molar-refractivity contribution < 1.29 is 9.59 Å². The summed E-state index contributed by atoms with van der Waals surface area (Å²) in [4.78, 5) is 25.0. The Labute approximate surface area is 143 Å². The Morgan fingerprint density at radius 1 is 1.13 bits per heavy atom. The molecule has 1 aromatic carbocycles. The van der Waals surface area contributed by atoms with Crippen LogP contribution in [0, 0.1) is 17.8 Å². The summed E-state index contributed by atoms with van der Waals surface area (Å²) >= 11 is 7.62. The number of hydrogen-bond acceptors (Lipinski definition) is 3. The zero-order valence-corrected chi connectivity index (χ0v) is 14.0. The van der Waals surface area contributed by atoms with Crippen LogP contribution in [0.3, 0.4) is 0 Å². The van der Waals surface area contributed by atoms with Gasteiger partial charge in [0.15, 0.2) is 0 Å². The topological polar surface area (TPSA) is 58.2 Å². The standard InChI is InChI=1S/C17H17ClN2O2S/c18-14-11-3-1-2-4-13(11)23-15(14)17(22)20-19-16(21)12-8-9-5-6-10(12)7-9/h1-4,9-10,12H,5-8H2,(H,19,21)(H,20,22)/t9-,10+,12+/m0/s1. The molecule has 0 aliphatic heterocycles. The summed E-state index contributed by atoms with van der Waals surface area (Å²) in [6.07, 6.45) is 4.50. The van der Waals surface area contributed by atoms with Gasteiger partial charge in [-0.2, -0.15) is 0 Å². The highest BCUT2D eigenvalue weighted by atomic mass is 35.5. The van der Waals surface area contributed by atoms with Crippen LogP contribution in [0.25, 0.3) is 10.1 Å². The summed E-state index contributed by atoms with van der Waals surface area (Å²) in [5.41, 5.74) is 5.11. The molecule has 4 nitrogen and oxygen atoms in total. The second-order valence-corrected chi connectivity index (χ2v) is 7.90. The lowest BCUT2D eigenvalue weighted by molar-refractivity contribution is -0.127. The lowest BCUT2D eigenvalue weighted by Gasteiger charge is -2.20. The lowest BCUT2D eigenvalue weighted by Crippen LogP contribution is -2.45. The summed E-state index contributed by atoms with van der Waals surface area (Å²) in [5, 5.41) is 1.31. The van der Waals surface area contributed by atoms with Gasteiger partial charge in [0.1, 0.15) is 4.88 Å². The van der Waals surface area contributed by atoms with E-state index in [1.54, 1.807) is 0 Å². The van der Waals surface area contributed by atoms with E-state index < -0.39 is 0 Å². The van der Waals surface area contributed by atoms with Gasteiger partial charge in [-0.05, 0) is 37.2 Å². The van der Waals surface area contributed by atoms with E-state index in [9.17, 15) is 9.59 Å². The molecule has 2 amide bonds. The smallest absolute Gasteiger partial charge is 0.273 e. The average molecular weight is 349 g/mol. The van der Waals surface area contributed by atoms with Crippen molar-refractivity contribution >= 4 is 44.8 Å². The Hall–Kier alpha value is -1.59. The average Bonchev–Trinajstić information content (AvgIpc) is 3.27. The molecule has 2 N–H and O–H groups in total. The van der Waals surface area contributed by atoms with Crippen LogP contribution in [0.15, 0.2) is 24.3 Å². The van der Waals surface area contributed by atoms with Gasteiger partial charge in [-0.1, -0.05) is 36.2 Å². The summed E-state index contributed by atoms with van der Waals surface area (Å²) < 4.78 is 0.960. The predicted octanol–water partition coefficient (Wildman–Crippen LogP) is 3.75. The number of hydrazine groups is 1. The normalized spacial score (nSPS) is 25.7.